The molecule has 1 aliphatic heterocycles. The minimum absolute atomic E-state index is 0.0780. The monoisotopic (exact) mass is 402 g/mol. The van der Waals surface area contributed by atoms with E-state index in [1.54, 1.807) is 0 Å². The van der Waals surface area contributed by atoms with Crippen LogP contribution in [0.1, 0.15) is 60.8 Å². The van der Waals surface area contributed by atoms with Gasteiger partial charge in [-0.2, -0.15) is 0 Å². The molecule has 0 saturated heterocycles. The Morgan fingerprint density at radius 3 is 2.90 bits per heavy atom. The Bertz CT molecular complexity index is 1100. The van der Waals surface area contributed by atoms with Crippen LogP contribution in [0.5, 0.6) is 5.75 Å². The summed E-state index contributed by atoms with van der Waals surface area (Å²) >= 11 is 0. The molecule has 1 N–H and O–H groups in total. The van der Waals surface area contributed by atoms with Crippen LogP contribution in [-0.2, 0) is 17.8 Å². The van der Waals surface area contributed by atoms with Crippen molar-refractivity contribution in [3.8, 4) is 5.75 Å². The molecule has 0 aliphatic carbocycles. The lowest BCUT2D eigenvalue weighted by Crippen LogP contribution is -2.10. The molecule has 1 aliphatic rings. The Morgan fingerprint density at radius 2 is 2.10 bits per heavy atom. The first-order valence-corrected chi connectivity index (χ1v) is 10.4. The fraction of sp³-hybridized carbons (Fsp3) is 0.280. The number of imidazole rings is 1. The molecule has 0 spiro atoms. The number of ether oxygens (including phenoxy) is 1. The first-order valence-electron chi connectivity index (χ1n) is 10.4. The number of benzene rings is 2. The molecular weight excluding hydrogens is 376 g/mol. The molecule has 30 heavy (non-hydrogen) atoms. The Morgan fingerprint density at radius 1 is 1.27 bits per heavy atom. The number of aromatic nitrogens is 2. The summed E-state index contributed by atoms with van der Waals surface area (Å²) < 4.78 is 8.23. The second kappa shape index (κ2) is 8.57. The van der Waals surface area contributed by atoms with Crippen molar-refractivity contribution in [2.24, 2.45) is 0 Å². The van der Waals surface area contributed by atoms with Gasteiger partial charge in [0.25, 0.3) is 0 Å². The van der Waals surface area contributed by atoms with Gasteiger partial charge >= 0.3 is 5.97 Å². The average molecular weight is 402 g/mol. The highest BCUT2D eigenvalue weighted by molar-refractivity contribution is 5.97. The van der Waals surface area contributed by atoms with Gasteiger partial charge in [0, 0.05) is 36.0 Å². The molecule has 1 unspecified atom stereocenters. The quantitative estimate of drug-likeness (QED) is 0.573. The van der Waals surface area contributed by atoms with Crippen LogP contribution in [0.3, 0.4) is 0 Å². The minimum Gasteiger partial charge on any atom is -0.488 e. The number of aliphatic carboxylic acids is 1. The number of nitrogens with zero attached hydrogens (tertiary/aromatic N) is 2. The van der Waals surface area contributed by atoms with Crippen molar-refractivity contribution in [3.63, 3.8) is 0 Å². The predicted octanol–water partition coefficient (Wildman–Crippen LogP) is 5.24. The lowest BCUT2D eigenvalue weighted by molar-refractivity contribution is -0.131. The molecule has 2 heterocycles. The molecule has 0 amide bonds. The highest BCUT2D eigenvalue weighted by Crippen LogP contribution is 2.38. The van der Waals surface area contributed by atoms with Crippen LogP contribution in [0.25, 0.3) is 5.57 Å². The summed E-state index contributed by atoms with van der Waals surface area (Å²) in [6.07, 6.45) is 8.32. The molecule has 3 aromatic rings. The molecule has 2 aromatic carbocycles. The van der Waals surface area contributed by atoms with Gasteiger partial charge in [0.2, 0.25) is 0 Å². The maximum Gasteiger partial charge on any atom is 0.328 e. The zero-order valence-electron chi connectivity index (χ0n) is 17.3. The maximum atomic E-state index is 11.6. The SMILES string of the molecule is CCCCc1nccn1C(C)c1ccc2c(c1)/C(=C\C(=O)O)c1ccccc1CO2. The smallest absolute Gasteiger partial charge is 0.328 e. The molecule has 1 atom stereocenters. The standard InChI is InChI=1S/C25H26N2O3/c1-3-4-9-24-26-12-13-27(24)17(2)18-10-11-23-22(14-18)21(15-25(28)29)20-8-6-5-7-19(20)16-30-23/h5-8,10-15,17H,3-4,9,16H2,1-2H3,(H,28,29)/b21-15-. The maximum absolute atomic E-state index is 11.6. The Labute approximate surface area is 176 Å². The van der Waals surface area contributed by atoms with E-state index in [-0.39, 0.29) is 6.04 Å². The Kier molecular flexibility index (Phi) is 5.70. The minimum atomic E-state index is -0.970. The number of carboxylic acids is 1. The van der Waals surface area contributed by atoms with Crippen LogP contribution in [0.15, 0.2) is 60.9 Å². The van der Waals surface area contributed by atoms with Crippen LogP contribution in [0, 0.1) is 0 Å². The number of hydrogen-bond donors (Lipinski definition) is 1. The van der Waals surface area contributed by atoms with Crippen molar-refractivity contribution in [1.29, 1.82) is 0 Å². The van der Waals surface area contributed by atoms with E-state index in [0.717, 1.165) is 47.3 Å². The summed E-state index contributed by atoms with van der Waals surface area (Å²) in [5.74, 6) is 0.802. The van der Waals surface area contributed by atoms with Crippen molar-refractivity contribution >= 4 is 11.5 Å². The second-order valence-corrected chi connectivity index (χ2v) is 7.63. The van der Waals surface area contributed by atoms with E-state index >= 15 is 0 Å². The van der Waals surface area contributed by atoms with Crippen LogP contribution >= 0.6 is 0 Å². The summed E-state index contributed by atoms with van der Waals surface area (Å²) in [7, 11) is 0. The number of carbonyl (C=O) groups is 1. The van der Waals surface area contributed by atoms with E-state index in [1.165, 1.54) is 6.08 Å². The van der Waals surface area contributed by atoms with Crippen molar-refractivity contribution in [2.45, 2.75) is 45.8 Å². The molecule has 0 radical (unpaired) electrons. The van der Waals surface area contributed by atoms with Crippen LogP contribution in [0.2, 0.25) is 0 Å². The number of unbranched alkanes of at least 4 members (excludes halogenated alkanes) is 1. The highest BCUT2D eigenvalue weighted by atomic mass is 16.5. The van der Waals surface area contributed by atoms with Gasteiger partial charge in [0.1, 0.15) is 18.2 Å². The molecular formula is C25H26N2O3. The molecule has 0 bridgehead atoms. The van der Waals surface area contributed by atoms with Crippen molar-refractivity contribution < 1.29 is 14.6 Å². The largest absolute Gasteiger partial charge is 0.488 e. The Hall–Kier alpha value is -3.34. The first kappa shape index (κ1) is 20.0. The van der Waals surface area contributed by atoms with Crippen LogP contribution in [-0.4, -0.2) is 20.6 Å². The lowest BCUT2D eigenvalue weighted by atomic mass is 9.92. The molecule has 1 aromatic heterocycles. The van der Waals surface area contributed by atoms with E-state index in [0.29, 0.717) is 17.9 Å². The fourth-order valence-electron chi connectivity index (χ4n) is 4.02. The van der Waals surface area contributed by atoms with E-state index < -0.39 is 5.97 Å². The molecule has 0 saturated carbocycles. The molecule has 5 heteroatoms. The Balaban J connectivity index is 1.79. The van der Waals surface area contributed by atoms with Crippen molar-refractivity contribution in [2.75, 3.05) is 0 Å². The third kappa shape index (κ3) is 3.88. The number of carboxylic acid groups (broad SMARTS) is 1. The first-order chi connectivity index (χ1) is 14.6. The summed E-state index contributed by atoms with van der Waals surface area (Å²) in [4.78, 5) is 16.2. The van der Waals surface area contributed by atoms with E-state index in [4.69, 9.17) is 4.74 Å². The van der Waals surface area contributed by atoms with Gasteiger partial charge in [-0.25, -0.2) is 9.78 Å². The topological polar surface area (TPSA) is 64.4 Å². The van der Waals surface area contributed by atoms with Gasteiger partial charge in [0.15, 0.2) is 0 Å². The average Bonchev–Trinajstić information content (AvgIpc) is 3.17. The fourth-order valence-corrected chi connectivity index (χ4v) is 4.02. The number of hydrogen-bond acceptors (Lipinski definition) is 3. The van der Waals surface area contributed by atoms with Gasteiger partial charge in [-0.1, -0.05) is 43.7 Å². The van der Waals surface area contributed by atoms with Crippen LogP contribution < -0.4 is 4.74 Å². The second-order valence-electron chi connectivity index (χ2n) is 7.63. The van der Waals surface area contributed by atoms with Crippen molar-refractivity contribution in [3.05, 3.63) is 89.0 Å². The zero-order chi connectivity index (χ0) is 21.1. The van der Waals surface area contributed by atoms with Gasteiger partial charge in [-0.15, -0.1) is 0 Å². The zero-order valence-corrected chi connectivity index (χ0v) is 17.3. The third-order valence-electron chi connectivity index (χ3n) is 5.65. The lowest BCUT2D eigenvalue weighted by Gasteiger charge is -2.19. The molecule has 154 valence electrons. The van der Waals surface area contributed by atoms with E-state index in [1.807, 2.05) is 42.7 Å². The number of fused-ring (bicyclic) bond motifs is 2. The van der Waals surface area contributed by atoms with Gasteiger partial charge in [-0.3, -0.25) is 0 Å². The van der Waals surface area contributed by atoms with Gasteiger partial charge in [-0.05, 0) is 42.2 Å². The summed E-state index contributed by atoms with van der Waals surface area (Å²) in [5, 5.41) is 9.53. The van der Waals surface area contributed by atoms with Gasteiger partial charge in [0.05, 0.1) is 6.04 Å². The van der Waals surface area contributed by atoms with Gasteiger partial charge < -0.3 is 14.4 Å². The van der Waals surface area contributed by atoms with Crippen LogP contribution in [0.4, 0.5) is 0 Å². The van der Waals surface area contributed by atoms with E-state index in [2.05, 4.69) is 35.5 Å². The van der Waals surface area contributed by atoms with E-state index in [9.17, 15) is 9.90 Å². The molecule has 4 rings (SSSR count). The number of aryl methyl sites for hydroxylation is 1. The number of rotatable bonds is 6. The third-order valence-corrected chi connectivity index (χ3v) is 5.65. The molecule has 5 nitrogen and oxygen atoms in total. The normalized spacial score (nSPS) is 15.1. The highest BCUT2D eigenvalue weighted by Gasteiger charge is 2.22. The predicted molar refractivity (Wildman–Crippen MR) is 117 cm³/mol. The molecule has 0 fully saturated rings. The summed E-state index contributed by atoms with van der Waals surface area (Å²) in [6, 6.07) is 13.9. The summed E-state index contributed by atoms with van der Waals surface area (Å²) in [5.41, 5.74) is 4.45. The summed E-state index contributed by atoms with van der Waals surface area (Å²) in [6.45, 7) is 4.74. The van der Waals surface area contributed by atoms with Crippen molar-refractivity contribution in [1.82, 2.24) is 9.55 Å².